The Bertz CT molecular complexity index is 756. The highest BCUT2D eigenvalue weighted by atomic mass is 16.5. The number of aromatic nitrogens is 2. The highest BCUT2D eigenvalue weighted by Gasteiger charge is 2.09. The van der Waals surface area contributed by atoms with Crippen LogP contribution in [0.1, 0.15) is 15.9 Å². The van der Waals surface area contributed by atoms with E-state index in [0.29, 0.717) is 17.3 Å². The maximum atomic E-state index is 11.0. The van der Waals surface area contributed by atoms with Crippen molar-refractivity contribution in [3.05, 3.63) is 53.7 Å². The molecule has 2 aromatic heterocycles. The van der Waals surface area contributed by atoms with Crippen molar-refractivity contribution in [1.82, 2.24) is 9.97 Å². The molecular formula is C15H15N5O3. The molecule has 0 aliphatic carbocycles. The number of nitrogens with one attached hydrogen (secondary N) is 2. The Hall–Kier alpha value is -3.42. The molecule has 0 bridgehead atoms. The number of primary amides is 1. The molecule has 2 aromatic rings. The van der Waals surface area contributed by atoms with Crippen LogP contribution in [0, 0.1) is 5.41 Å². The predicted octanol–water partition coefficient (Wildman–Crippen LogP) is 1.57. The highest BCUT2D eigenvalue weighted by Crippen LogP contribution is 2.20. The fourth-order valence-electron chi connectivity index (χ4n) is 1.78. The van der Waals surface area contributed by atoms with E-state index in [1.165, 1.54) is 31.6 Å². The Morgan fingerprint density at radius 3 is 2.70 bits per heavy atom. The molecule has 0 atom stereocenters. The van der Waals surface area contributed by atoms with Crippen molar-refractivity contribution >= 4 is 23.5 Å². The summed E-state index contributed by atoms with van der Waals surface area (Å²) < 4.78 is 5.02. The second kappa shape index (κ2) is 7.03. The molecule has 2 rings (SSSR count). The van der Waals surface area contributed by atoms with Gasteiger partial charge >= 0.3 is 0 Å². The largest absolute Gasteiger partial charge is 0.494 e. The van der Waals surface area contributed by atoms with Gasteiger partial charge in [0.25, 0.3) is 0 Å². The summed E-state index contributed by atoms with van der Waals surface area (Å²) in [6.45, 7) is 0. The van der Waals surface area contributed by atoms with Crippen LogP contribution in [-0.2, 0) is 0 Å². The lowest BCUT2D eigenvalue weighted by molar-refractivity contribution is 0.1000. The second-order valence-electron chi connectivity index (χ2n) is 4.41. The number of nitrogens with zero attached hydrogens (tertiary/aromatic N) is 2. The van der Waals surface area contributed by atoms with E-state index >= 15 is 0 Å². The first-order chi connectivity index (χ1) is 11.0. The number of ether oxygens (including phenoxy) is 1. The Labute approximate surface area is 132 Å². The van der Waals surface area contributed by atoms with E-state index in [2.05, 4.69) is 15.3 Å². The Kier molecular flexibility index (Phi) is 4.88. The number of hydrogen-bond donors (Lipinski definition) is 4. The molecule has 0 aliphatic rings. The first-order valence-corrected chi connectivity index (χ1v) is 6.52. The van der Waals surface area contributed by atoms with Gasteiger partial charge in [0.2, 0.25) is 11.8 Å². The van der Waals surface area contributed by atoms with Gasteiger partial charge in [-0.05, 0) is 23.8 Å². The molecule has 23 heavy (non-hydrogen) atoms. The average Bonchev–Trinajstić information content (AvgIpc) is 2.56. The van der Waals surface area contributed by atoms with E-state index in [1.54, 1.807) is 12.1 Å². The number of rotatable bonds is 6. The molecule has 0 saturated carbocycles. The van der Waals surface area contributed by atoms with Crippen LogP contribution in [0.15, 0.2) is 42.5 Å². The maximum absolute atomic E-state index is 11.0. The third kappa shape index (κ3) is 3.82. The summed E-state index contributed by atoms with van der Waals surface area (Å²) >= 11 is 0. The highest BCUT2D eigenvalue weighted by molar-refractivity contribution is 6.09. The van der Waals surface area contributed by atoms with Crippen LogP contribution in [0.2, 0.25) is 0 Å². The van der Waals surface area contributed by atoms with Gasteiger partial charge in [-0.2, -0.15) is 0 Å². The number of nitrogens with two attached hydrogens (primary N) is 1. The molecule has 5 N–H and O–H groups in total. The van der Waals surface area contributed by atoms with Gasteiger partial charge < -0.3 is 26.3 Å². The van der Waals surface area contributed by atoms with Crippen LogP contribution in [0.5, 0.6) is 5.88 Å². The molecule has 8 nitrogen and oxygen atoms in total. The van der Waals surface area contributed by atoms with E-state index in [0.717, 1.165) is 6.21 Å². The van der Waals surface area contributed by atoms with Gasteiger partial charge in [-0.25, -0.2) is 9.97 Å². The maximum Gasteiger partial charge on any atom is 0.250 e. The van der Waals surface area contributed by atoms with Gasteiger partial charge in [0, 0.05) is 24.7 Å². The van der Waals surface area contributed by atoms with Crippen molar-refractivity contribution in [2.75, 3.05) is 12.4 Å². The van der Waals surface area contributed by atoms with Gasteiger partial charge in [-0.3, -0.25) is 4.79 Å². The van der Waals surface area contributed by atoms with Crippen LogP contribution in [-0.4, -0.2) is 34.3 Å². The van der Waals surface area contributed by atoms with Crippen LogP contribution in [0.4, 0.5) is 5.82 Å². The molecule has 2 heterocycles. The van der Waals surface area contributed by atoms with Gasteiger partial charge in [-0.1, -0.05) is 0 Å². The number of anilines is 1. The molecule has 0 radical (unpaired) electrons. The fourth-order valence-corrected chi connectivity index (χ4v) is 1.78. The van der Waals surface area contributed by atoms with Crippen molar-refractivity contribution in [2.45, 2.75) is 0 Å². The number of allylic oxidation sites excluding steroid dienone is 1. The molecule has 1 amide bonds. The number of aliphatic hydroxyl groups is 1. The predicted molar refractivity (Wildman–Crippen MR) is 85.5 cm³/mol. The third-order valence-corrected chi connectivity index (χ3v) is 2.95. The number of aliphatic hydroxyl groups excluding tert-OH is 1. The van der Waals surface area contributed by atoms with Crippen molar-refractivity contribution < 1.29 is 14.6 Å². The molecule has 0 unspecified atom stereocenters. The summed E-state index contributed by atoms with van der Waals surface area (Å²) in [4.78, 5) is 18.9. The zero-order chi connectivity index (χ0) is 16.8. The SMILES string of the molecule is COc1cc(/C(C=N)=C(\O)Nc2ccc(C(N)=O)cn2)ccn1. The molecule has 0 fully saturated rings. The summed E-state index contributed by atoms with van der Waals surface area (Å²) in [5.74, 6) is -0.202. The normalized spacial score (nSPS) is 11.3. The molecule has 0 spiro atoms. The van der Waals surface area contributed by atoms with Crippen LogP contribution >= 0.6 is 0 Å². The number of hydrogen-bond acceptors (Lipinski definition) is 7. The van der Waals surface area contributed by atoms with Gasteiger partial charge in [-0.15, -0.1) is 0 Å². The minimum Gasteiger partial charge on any atom is -0.494 e. The summed E-state index contributed by atoms with van der Waals surface area (Å²) in [5.41, 5.74) is 6.16. The van der Waals surface area contributed by atoms with Gasteiger partial charge in [0.1, 0.15) is 5.82 Å². The zero-order valence-corrected chi connectivity index (χ0v) is 12.3. The van der Waals surface area contributed by atoms with Gasteiger partial charge in [0.05, 0.1) is 18.2 Å². The van der Waals surface area contributed by atoms with E-state index in [9.17, 15) is 9.90 Å². The summed E-state index contributed by atoms with van der Waals surface area (Å²) in [5, 5.41) is 20.3. The summed E-state index contributed by atoms with van der Waals surface area (Å²) in [7, 11) is 1.47. The van der Waals surface area contributed by atoms with Crippen molar-refractivity contribution in [3.63, 3.8) is 0 Å². The molecule has 118 valence electrons. The minimum absolute atomic E-state index is 0.228. The molecule has 8 heteroatoms. The van der Waals surface area contributed by atoms with Crippen LogP contribution < -0.4 is 15.8 Å². The quantitative estimate of drug-likeness (QED) is 0.472. The Balaban J connectivity index is 2.29. The fraction of sp³-hybridized carbons (Fsp3) is 0.0667. The number of methoxy groups -OCH3 is 1. The number of carbonyl (C=O) groups excluding carboxylic acids is 1. The van der Waals surface area contributed by atoms with Crippen molar-refractivity contribution in [3.8, 4) is 5.88 Å². The number of carbonyl (C=O) groups is 1. The van der Waals surface area contributed by atoms with Crippen LogP contribution in [0.25, 0.3) is 5.57 Å². The topological polar surface area (TPSA) is 134 Å². The number of pyridine rings is 2. The average molecular weight is 313 g/mol. The van der Waals surface area contributed by atoms with Crippen LogP contribution in [0.3, 0.4) is 0 Å². The smallest absolute Gasteiger partial charge is 0.250 e. The zero-order valence-electron chi connectivity index (χ0n) is 12.3. The Morgan fingerprint density at radius 2 is 2.13 bits per heavy atom. The standard InChI is InChI=1S/C15H15N5O3/c1-23-13-6-9(4-5-18-13)11(7-16)15(22)20-12-3-2-10(8-19-12)14(17)21/h2-8,16,22H,1H3,(H2,17,21)(H,19,20)/b15-11-,16-7?. The van der Waals surface area contributed by atoms with Crippen molar-refractivity contribution in [1.29, 1.82) is 5.41 Å². The van der Waals surface area contributed by atoms with Crippen molar-refractivity contribution in [2.24, 2.45) is 5.73 Å². The lowest BCUT2D eigenvalue weighted by Gasteiger charge is -2.09. The van der Waals surface area contributed by atoms with E-state index in [4.69, 9.17) is 15.9 Å². The molecule has 0 aromatic carbocycles. The number of amides is 1. The minimum atomic E-state index is -0.590. The van der Waals surface area contributed by atoms with E-state index < -0.39 is 5.91 Å². The molecule has 0 aliphatic heterocycles. The lowest BCUT2D eigenvalue weighted by Crippen LogP contribution is -2.12. The summed E-state index contributed by atoms with van der Waals surface area (Å²) in [6.07, 6.45) is 3.79. The molecule has 0 saturated heterocycles. The third-order valence-electron chi connectivity index (χ3n) is 2.95. The first-order valence-electron chi connectivity index (χ1n) is 6.52. The monoisotopic (exact) mass is 313 g/mol. The summed E-state index contributed by atoms with van der Waals surface area (Å²) in [6, 6.07) is 6.18. The lowest BCUT2D eigenvalue weighted by atomic mass is 10.1. The van der Waals surface area contributed by atoms with Gasteiger partial charge in [0.15, 0.2) is 5.88 Å². The Morgan fingerprint density at radius 1 is 1.35 bits per heavy atom. The van der Waals surface area contributed by atoms with E-state index in [-0.39, 0.29) is 17.0 Å². The first kappa shape index (κ1) is 16.0. The molecular weight excluding hydrogens is 298 g/mol. The van der Waals surface area contributed by atoms with E-state index in [1.807, 2.05) is 0 Å². The second-order valence-corrected chi connectivity index (χ2v) is 4.41.